The highest BCUT2D eigenvalue weighted by atomic mass is 16.1. The quantitative estimate of drug-likeness (QED) is 0.930. The predicted molar refractivity (Wildman–Crippen MR) is 87.8 cm³/mol. The van der Waals surface area contributed by atoms with E-state index in [0.717, 1.165) is 6.54 Å². The van der Waals surface area contributed by atoms with Crippen LogP contribution < -0.4 is 5.32 Å². The fourth-order valence-corrected chi connectivity index (χ4v) is 4.03. The topological polar surface area (TPSA) is 45.2 Å². The number of carbonyl (C=O) groups is 1. The molecule has 2 aliphatic rings. The smallest absolute Gasteiger partial charge is 0.252 e. The van der Waals surface area contributed by atoms with E-state index in [1.807, 2.05) is 12.1 Å². The highest BCUT2D eigenvalue weighted by Gasteiger charge is 2.38. The van der Waals surface area contributed by atoms with Crippen LogP contribution in [0.4, 0.5) is 0 Å². The molecule has 0 radical (unpaired) electrons. The molecule has 1 aromatic rings. The molecule has 0 aromatic carbocycles. The lowest BCUT2D eigenvalue weighted by Gasteiger charge is -2.48. The third-order valence-corrected chi connectivity index (χ3v) is 5.31. The van der Waals surface area contributed by atoms with Crippen LogP contribution in [0.15, 0.2) is 24.5 Å². The van der Waals surface area contributed by atoms with Crippen LogP contribution in [0.1, 0.15) is 61.7 Å². The van der Waals surface area contributed by atoms with Crippen LogP contribution in [0, 0.1) is 0 Å². The standard InChI is InChI=1S/C18H27N3O/c22-17(16-8-7-11-19-14-16)20-15-18(9-3-1-4-10-18)21-12-5-2-6-13-21/h7-8,11,14H,1-6,9-10,12-13,15H2,(H,20,22). The maximum atomic E-state index is 12.3. The van der Waals surface area contributed by atoms with Gasteiger partial charge in [-0.25, -0.2) is 0 Å². The predicted octanol–water partition coefficient (Wildman–Crippen LogP) is 3.00. The van der Waals surface area contributed by atoms with Gasteiger partial charge in [0.25, 0.3) is 5.91 Å². The van der Waals surface area contributed by atoms with Gasteiger partial charge < -0.3 is 5.32 Å². The van der Waals surface area contributed by atoms with E-state index in [1.54, 1.807) is 12.4 Å². The maximum absolute atomic E-state index is 12.3. The fraction of sp³-hybridized carbons (Fsp3) is 0.667. The first-order valence-corrected chi connectivity index (χ1v) is 8.73. The highest BCUT2D eigenvalue weighted by molar-refractivity contribution is 5.93. The number of rotatable bonds is 4. The van der Waals surface area contributed by atoms with Crippen LogP contribution in [0.3, 0.4) is 0 Å². The second kappa shape index (κ2) is 7.23. The van der Waals surface area contributed by atoms with Crippen LogP contribution >= 0.6 is 0 Å². The lowest BCUT2D eigenvalue weighted by atomic mass is 9.79. The summed E-state index contributed by atoms with van der Waals surface area (Å²) in [4.78, 5) is 19.0. The summed E-state index contributed by atoms with van der Waals surface area (Å²) < 4.78 is 0. The summed E-state index contributed by atoms with van der Waals surface area (Å²) in [5.41, 5.74) is 0.850. The van der Waals surface area contributed by atoms with Crippen molar-refractivity contribution >= 4 is 5.91 Å². The molecule has 0 bridgehead atoms. The summed E-state index contributed by atoms with van der Waals surface area (Å²) in [6.07, 6.45) is 13.7. The lowest BCUT2D eigenvalue weighted by molar-refractivity contribution is 0.0326. The zero-order valence-electron chi connectivity index (χ0n) is 13.4. The van der Waals surface area contributed by atoms with Gasteiger partial charge in [0.15, 0.2) is 0 Å². The first-order valence-electron chi connectivity index (χ1n) is 8.73. The highest BCUT2D eigenvalue weighted by Crippen LogP contribution is 2.35. The van der Waals surface area contributed by atoms with Gasteiger partial charge in [-0.2, -0.15) is 0 Å². The molecular weight excluding hydrogens is 274 g/mol. The summed E-state index contributed by atoms with van der Waals surface area (Å²) in [5.74, 6) is 0.00931. The Balaban J connectivity index is 1.66. The normalized spacial score (nSPS) is 22.2. The molecule has 1 aliphatic heterocycles. The van der Waals surface area contributed by atoms with Gasteiger partial charge in [0.2, 0.25) is 0 Å². The van der Waals surface area contributed by atoms with Gasteiger partial charge in [0.1, 0.15) is 0 Å². The van der Waals surface area contributed by atoms with Crippen molar-refractivity contribution in [1.29, 1.82) is 0 Å². The number of hydrogen-bond donors (Lipinski definition) is 1. The molecule has 1 saturated carbocycles. The number of piperidine rings is 1. The van der Waals surface area contributed by atoms with Crippen molar-refractivity contribution in [1.82, 2.24) is 15.2 Å². The summed E-state index contributed by atoms with van der Waals surface area (Å²) >= 11 is 0. The number of hydrogen-bond acceptors (Lipinski definition) is 3. The molecule has 2 fully saturated rings. The largest absolute Gasteiger partial charge is 0.350 e. The zero-order chi connectivity index (χ0) is 15.3. The number of nitrogens with zero attached hydrogens (tertiary/aromatic N) is 2. The van der Waals surface area contributed by atoms with Gasteiger partial charge in [-0.1, -0.05) is 25.7 Å². The van der Waals surface area contributed by atoms with Gasteiger partial charge in [0.05, 0.1) is 5.56 Å². The van der Waals surface area contributed by atoms with Crippen LogP contribution in [-0.2, 0) is 0 Å². The second-order valence-electron chi connectivity index (χ2n) is 6.76. The Morgan fingerprint density at radius 1 is 1.14 bits per heavy atom. The van der Waals surface area contributed by atoms with Crippen molar-refractivity contribution < 1.29 is 4.79 Å². The van der Waals surface area contributed by atoms with E-state index in [4.69, 9.17) is 0 Å². The molecular formula is C18H27N3O. The molecule has 1 aliphatic carbocycles. The number of amides is 1. The van der Waals surface area contributed by atoms with E-state index in [1.165, 1.54) is 64.5 Å². The van der Waals surface area contributed by atoms with Crippen molar-refractivity contribution in [2.24, 2.45) is 0 Å². The molecule has 1 saturated heterocycles. The third kappa shape index (κ3) is 3.49. The van der Waals surface area contributed by atoms with Gasteiger partial charge >= 0.3 is 0 Å². The maximum Gasteiger partial charge on any atom is 0.252 e. The average molecular weight is 301 g/mol. The van der Waals surface area contributed by atoms with Crippen LogP contribution in [0.5, 0.6) is 0 Å². The minimum absolute atomic E-state index is 0.00931. The SMILES string of the molecule is O=C(NCC1(N2CCCCC2)CCCCC1)c1cccnc1. The lowest BCUT2D eigenvalue weighted by Crippen LogP contribution is -2.58. The molecule has 4 nitrogen and oxygen atoms in total. The zero-order valence-corrected chi connectivity index (χ0v) is 13.4. The summed E-state index contributed by atoms with van der Waals surface area (Å²) in [6, 6.07) is 3.65. The van der Waals surface area contributed by atoms with Crippen molar-refractivity contribution in [3.05, 3.63) is 30.1 Å². The Morgan fingerprint density at radius 3 is 2.55 bits per heavy atom. The molecule has 22 heavy (non-hydrogen) atoms. The van der Waals surface area contributed by atoms with Gasteiger partial charge in [-0.05, 0) is 50.9 Å². The first kappa shape index (κ1) is 15.5. The Labute approximate surface area is 133 Å². The van der Waals surface area contributed by atoms with Crippen LogP contribution in [-0.4, -0.2) is 41.0 Å². The molecule has 1 N–H and O–H groups in total. The van der Waals surface area contributed by atoms with E-state index in [-0.39, 0.29) is 11.4 Å². The minimum atomic E-state index is 0.00931. The van der Waals surface area contributed by atoms with E-state index in [0.29, 0.717) is 5.56 Å². The third-order valence-electron chi connectivity index (χ3n) is 5.31. The number of pyridine rings is 1. The molecule has 0 spiro atoms. The Morgan fingerprint density at radius 2 is 1.86 bits per heavy atom. The Kier molecular flexibility index (Phi) is 5.08. The molecule has 0 unspecified atom stereocenters. The molecule has 3 rings (SSSR count). The van der Waals surface area contributed by atoms with E-state index < -0.39 is 0 Å². The number of aromatic nitrogens is 1. The first-order chi connectivity index (χ1) is 10.8. The van der Waals surface area contributed by atoms with E-state index in [9.17, 15) is 4.79 Å². The van der Waals surface area contributed by atoms with Crippen molar-refractivity contribution in [2.45, 2.75) is 56.9 Å². The monoisotopic (exact) mass is 301 g/mol. The van der Waals surface area contributed by atoms with Crippen molar-refractivity contribution in [2.75, 3.05) is 19.6 Å². The molecule has 0 atom stereocenters. The molecule has 4 heteroatoms. The summed E-state index contributed by atoms with van der Waals surface area (Å²) in [7, 11) is 0. The molecule has 120 valence electrons. The van der Waals surface area contributed by atoms with E-state index in [2.05, 4.69) is 15.2 Å². The fourth-order valence-electron chi connectivity index (χ4n) is 4.03. The van der Waals surface area contributed by atoms with E-state index >= 15 is 0 Å². The van der Waals surface area contributed by atoms with Crippen LogP contribution in [0.25, 0.3) is 0 Å². The number of carbonyl (C=O) groups excluding carboxylic acids is 1. The second-order valence-corrected chi connectivity index (χ2v) is 6.76. The van der Waals surface area contributed by atoms with Crippen molar-refractivity contribution in [3.8, 4) is 0 Å². The van der Waals surface area contributed by atoms with Gasteiger partial charge in [-0.3, -0.25) is 14.7 Å². The molecule has 1 amide bonds. The van der Waals surface area contributed by atoms with Gasteiger partial charge in [0, 0.05) is 24.5 Å². The van der Waals surface area contributed by atoms with Gasteiger partial charge in [-0.15, -0.1) is 0 Å². The van der Waals surface area contributed by atoms with Crippen LogP contribution in [0.2, 0.25) is 0 Å². The number of nitrogens with one attached hydrogen (secondary N) is 1. The summed E-state index contributed by atoms with van der Waals surface area (Å²) in [6.45, 7) is 3.17. The Hall–Kier alpha value is -1.42. The van der Waals surface area contributed by atoms with Crippen molar-refractivity contribution in [3.63, 3.8) is 0 Å². The Bertz CT molecular complexity index is 476. The summed E-state index contributed by atoms with van der Waals surface area (Å²) in [5, 5.41) is 3.19. The minimum Gasteiger partial charge on any atom is -0.350 e. The molecule has 2 heterocycles. The number of likely N-dealkylation sites (tertiary alicyclic amines) is 1. The average Bonchev–Trinajstić information content (AvgIpc) is 2.62. The molecule has 1 aromatic heterocycles.